The summed E-state index contributed by atoms with van der Waals surface area (Å²) in [7, 11) is 1.96. The Bertz CT molecular complexity index is 626. The van der Waals surface area contributed by atoms with E-state index in [1.807, 2.05) is 50.1 Å². The van der Waals surface area contributed by atoms with Crippen LogP contribution in [0, 0.1) is 20.8 Å². The van der Waals surface area contributed by atoms with Gasteiger partial charge in [-0.05, 0) is 27.7 Å². The number of nitrogens with one attached hydrogen (secondary N) is 1. The zero-order valence-corrected chi connectivity index (χ0v) is 12.6. The molecule has 2 aromatic heterocycles. The number of nitrogens with zero attached hydrogens (tertiary/aromatic N) is 4. The Morgan fingerprint density at radius 3 is 2.60 bits per heavy atom. The number of amides is 1. The van der Waals surface area contributed by atoms with E-state index in [9.17, 15) is 4.79 Å². The quantitative estimate of drug-likeness (QED) is 0.917. The second-order valence-electron chi connectivity index (χ2n) is 5.03. The summed E-state index contributed by atoms with van der Waals surface area (Å²) < 4.78 is 3.85. The summed E-state index contributed by atoms with van der Waals surface area (Å²) in [5, 5.41) is 2.92. The van der Waals surface area contributed by atoms with Crippen LogP contribution in [0.4, 0.5) is 0 Å². The van der Waals surface area contributed by atoms with Crippen molar-refractivity contribution < 1.29 is 4.79 Å². The van der Waals surface area contributed by atoms with Crippen LogP contribution in [0.15, 0.2) is 12.4 Å². The highest BCUT2D eigenvalue weighted by Gasteiger charge is 2.17. The zero-order chi connectivity index (χ0) is 14.9. The summed E-state index contributed by atoms with van der Waals surface area (Å²) in [5.41, 5.74) is 2.11. The topological polar surface area (TPSA) is 64.7 Å². The van der Waals surface area contributed by atoms with E-state index in [2.05, 4.69) is 15.3 Å². The number of aryl methyl sites for hydroxylation is 2. The molecule has 1 amide bonds. The van der Waals surface area contributed by atoms with Crippen molar-refractivity contribution in [3.05, 3.63) is 35.4 Å². The molecule has 6 nitrogen and oxygen atoms in total. The van der Waals surface area contributed by atoms with Gasteiger partial charge in [-0.1, -0.05) is 0 Å². The fraction of sp³-hybridized carbons (Fsp3) is 0.500. The fourth-order valence-electron chi connectivity index (χ4n) is 2.18. The number of rotatable bonds is 4. The van der Waals surface area contributed by atoms with Crippen molar-refractivity contribution in [2.24, 2.45) is 7.05 Å². The molecule has 0 aliphatic carbocycles. The molecule has 0 aliphatic rings. The fourth-order valence-corrected chi connectivity index (χ4v) is 2.18. The molecule has 2 aromatic rings. The van der Waals surface area contributed by atoms with Gasteiger partial charge in [0.1, 0.15) is 17.7 Å². The molecule has 0 aromatic carbocycles. The molecule has 1 N–H and O–H groups in total. The lowest BCUT2D eigenvalue weighted by atomic mass is 10.3. The van der Waals surface area contributed by atoms with Gasteiger partial charge >= 0.3 is 0 Å². The number of aromatic nitrogens is 4. The third-order valence-electron chi connectivity index (χ3n) is 3.79. The third-order valence-corrected chi connectivity index (χ3v) is 3.79. The standard InChI is InChI=1S/C14H21N5O/c1-9-10(2)18(5)13(17-9)8-16-14(20)11(3)19-7-6-15-12(19)4/h6-7,11H,8H2,1-5H3,(H,16,20)/t11-/m0/s1. The number of hydrogen-bond donors (Lipinski definition) is 1. The Morgan fingerprint density at radius 2 is 2.10 bits per heavy atom. The summed E-state index contributed by atoms with van der Waals surface area (Å²) in [6.45, 7) is 8.17. The molecule has 0 saturated carbocycles. The predicted octanol–water partition coefficient (Wildman–Crippen LogP) is 1.42. The van der Waals surface area contributed by atoms with Gasteiger partial charge in [-0.15, -0.1) is 0 Å². The monoisotopic (exact) mass is 275 g/mol. The lowest BCUT2D eigenvalue weighted by Gasteiger charge is -2.15. The van der Waals surface area contributed by atoms with Crippen LogP contribution in [-0.2, 0) is 18.4 Å². The zero-order valence-electron chi connectivity index (χ0n) is 12.6. The van der Waals surface area contributed by atoms with E-state index in [0.717, 1.165) is 23.0 Å². The second-order valence-corrected chi connectivity index (χ2v) is 5.03. The minimum atomic E-state index is -0.278. The number of hydrogen-bond acceptors (Lipinski definition) is 3. The van der Waals surface area contributed by atoms with Crippen LogP contribution in [0.5, 0.6) is 0 Å². The molecular weight excluding hydrogens is 254 g/mol. The first-order valence-corrected chi connectivity index (χ1v) is 6.67. The maximum absolute atomic E-state index is 12.2. The van der Waals surface area contributed by atoms with Gasteiger partial charge in [-0.25, -0.2) is 9.97 Å². The molecule has 0 fully saturated rings. The molecule has 0 unspecified atom stereocenters. The first-order valence-electron chi connectivity index (χ1n) is 6.67. The Hall–Kier alpha value is -2.11. The van der Waals surface area contributed by atoms with Gasteiger partial charge in [0.25, 0.3) is 0 Å². The molecule has 1 atom stereocenters. The largest absolute Gasteiger partial charge is 0.347 e. The van der Waals surface area contributed by atoms with E-state index in [1.165, 1.54) is 0 Å². The predicted molar refractivity (Wildman–Crippen MR) is 76.2 cm³/mol. The molecule has 108 valence electrons. The molecule has 6 heteroatoms. The Balaban J connectivity index is 2.02. The number of imidazole rings is 2. The van der Waals surface area contributed by atoms with E-state index in [4.69, 9.17) is 0 Å². The molecule has 0 spiro atoms. The minimum Gasteiger partial charge on any atom is -0.347 e. The first kappa shape index (κ1) is 14.3. The average molecular weight is 275 g/mol. The van der Waals surface area contributed by atoms with Crippen LogP contribution in [0.2, 0.25) is 0 Å². The van der Waals surface area contributed by atoms with E-state index in [1.54, 1.807) is 6.20 Å². The van der Waals surface area contributed by atoms with Crippen molar-refractivity contribution in [3.63, 3.8) is 0 Å². The first-order chi connectivity index (χ1) is 9.41. The van der Waals surface area contributed by atoms with Gasteiger partial charge in [-0.3, -0.25) is 4.79 Å². The molecule has 2 heterocycles. The molecule has 20 heavy (non-hydrogen) atoms. The van der Waals surface area contributed by atoms with Crippen LogP contribution in [-0.4, -0.2) is 25.0 Å². The average Bonchev–Trinajstić information content (AvgIpc) is 2.95. The Labute approximate surface area is 118 Å². The number of carbonyl (C=O) groups is 1. The molecule has 0 radical (unpaired) electrons. The summed E-state index contributed by atoms with van der Waals surface area (Å²) in [6, 6.07) is -0.278. The summed E-state index contributed by atoms with van der Waals surface area (Å²) >= 11 is 0. The van der Waals surface area contributed by atoms with Gasteiger partial charge in [-0.2, -0.15) is 0 Å². The van der Waals surface area contributed by atoms with Gasteiger partial charge in [0, 0.05) is 25.1 Å². The third kappa shape index (κ3) is 2.59. The van der Waals surface area contributed by atoms with E-state index >= 15 is 0 Å². The highest BCUT2D eigenvalue weighted by atomic mass is 16.2. The molecule has 0 aliphatic heterocycles. The number of carbonyl (C=O) groups excluding carboxylic acids is 1. The van der Waals surface area contributed by atoms with Gasteiger partial charge < -0.3 is 14.5 Å². The van der Waals surface area contributed by atoms with Crippen molar-refractivity contribution in [1.29, 1.82) is 0 Å². The van der Waals surface area contributed by atoms with Crippen molar-refractivity contribution in [2.75, 3.05) is 0 Å². The minimum absolute atomic E-state index is 0.0376. The molecular formula is C14H21N5O. The van der Waals surface area contributed by atoms with Crippen LogP contribution in [0.3, 0.4) is 0 Å². The summed E-state index contributed by atoms with van der Waals surface area (Å²) in [6.07, 6.45) is 3.51. The maximum Gasteiger partial charge on any atom is 0.243 e. The van der Waals surface area contributed by atoms with Crippen molar-refractivity contribution >= 4 is 5.91 Å². The lowest BCUT2D eigenvalue weighted by molar-refractivity contribution is -0.124. The normalized spacial score (nSPS) is 12.4. The Morgan fingerprint density at radius 1 is 1.40 bits per heavy atom. The summed E-state index contributed by atoms with van der Waals surface area (Å²) in [5.74, 6) is 1.66. The van der Waals surface area contributed by atoms with E-state index in [-0.39, 0.29) is 11.9 Å². The van der Waals surface area contributed by atoms with Gasteiger partial charge in [0.15, 0.2) is 0 Å². The highest BCUT2D eigenvalue weighted by molar-refractivity contribution is 5.79. The van der Waals surface area contributed by atoms with Crippen LogP contribution in [0.1, 0.15) is 36.0 Å². The summed E-state index contributed by atoms with van der Waals surface area (Å²) in [4.78, 5) is 20.8. The molecule has 0 bridgehead atoms. The van der Waals surface area contributed by atoms with Crippen molar-refractivity contribution in [2.45, 2.75) is 40.3 Å². The van der Waals surface area contributed by atoms with Crippen LogP contribution in [0.25, 0.3) is 0 Å². The Kier molecular flexibility index (Phi) is 3.92. The van der Waals surface area contributed by atoms with E-state index < -0.39 is 0 Å². The molecule has 2 rings (SSSR count). The SMILES string of the molecule is Cc1nc(CNC(=O)[C@H](C)n2ccnc2C)n(C)c1C. The van der Waals surface area contributed by atoms with Crippen molar-refractivity contribution in [1.82, 2.24) is 24.4 Å². The molecule has 0 saturated heterocycles. The maximum atomic E-state index is 12.2. The van der Waals surface area contributed by atoms with Crippen LogP contribution < -0.4 is 5.32 Å². The smallest absolute Gasteiger partial charge is 0.243 e. The van der Waals surface area contributed by atoms with Gasteiger partial charge in [0.2, 0.25) is 5.91 Å². The second kappa shape index (κ2) is 5.48. The van der Waals surface area contributed by atoms with Gasteiger partial charge in [0.05, 0.1) is 12.2 Å². The lowest BCUT2D eigenvalue weighted by Crippen LogP contribution is -2.31. The van der Waals surface area contributed by atoms with E-state index in [0.29, 0.717) is 6.54 Å². The van der Waals surface area contributed by atoms with Crippen LogP contribution >= 0.6 is 0 Å². The highest BCUT2D eigenvalue weighted by Crippen LogP contribution is 2.10. The van der Waals surface area contributed by atoms with Crippen molar-refractivity contribution in [3.8, 4) is 0 Å².